The summed E-state index contributed by atoms with van der Waals surface area (Å²) in [5.74, 6) is 0.531. The summed E-state index contributed by atoms with van der Waals surface area (Å²) in [6, 6.07) is 15.0. The van der Waals surface area contributed by atoms with Gasteiger partial charge in [0.15, 0.2) is 5.78 Å². The molecule has 0 N–H and O–H groups in total. The monoisotopic (exact) mass is 285 g/mol. The van der Waals surface area contributed by atoms with Crippen molar-refractivity contribution in [2.45, 2.75) is 5.75 Å². The Morgan fingerprint density at radius 1 is 1.15 bits per heavy atom. The van der Waals surface area contributed by atoms with Crippen molar-refractivity contribution in [3.8, 4) is 6.07 Å². The third-order valence-electron chi connectivity index (χ3n) is 2.79. The predicted octanol–water partition coefficient (Wildman–Crippen LogP) is 3.81. The standard InChI is InChI=1S/C16H12FNOS/c17-15-7-5-12(6-8-15)16(19)11-20-10-14-4-2-1-3-13(14)9-18/h1-8H,10-11H2. The van der Waals surface area contributed by atoms with Crippen LogP contribution in [0.3, 0.4) is 0 Å². The van der Waals surface area contributed by atoms with Gasteiger partial charge in [0.05, 0.1) is 17.4 Å². The quantitative estimate of drug-likeness (QED) is 0.784. The van der Waals surface area contributed by atoms with Crippen molar-refractivity contribution in [1.29, 1.82) is 5.26 Å². The Morgan fingerprint density at radius 2 is 1.85 bits per heavy atom. The normalized spacial score (nSPS) is 10.0. The summed E-state index contributed by atoms with van der Waals surface area (Å²) in [5, 5.41) is 8.97. The van der Waals surface area contributed by atoms with E-state index in [0.29, 0.717) is 22.6 Å². The van der Waals surface area contributed by atoms with Crippen molar-refractivity contribution in [3.05, 3.63) is 71.0 Å². The molecule has 0 atom stereocenters. The second-order valence-electron chi connectivity index (χ2n) is 4.19. The Labute approximate surface area is 121 Å². The van der Waals surface area contributed by atoms with Gasteiger partial charge in [0.2, 0.25) is 0 Å². The van der Waals surface area contributed by atoms with Crippen molar-refractivity contribution < 1.29 is 9.18 Å². The van der Waals surface area contributed by atoms with Crippen LogP contribution >= 0.6 is 11.8 Å². The number of nitriles is 1. The first-order valence-electron chi connectivity index (χ1n) is 6.05. The van der Waals surface area contributed by atoms with Crippen LogP contribution in [0, 0.1) is 17.1 Å². The fourth-order valence-electron chi connectivity index (χ4n) is 1.73. The maximum absolute atomic E-state index is 12.8. The molecule has 20 heavy (non-hydrogen) atoms. The summed E-state index contributed by atoms with van der Waals surface area (Å²) in [7, 11) is 0. The van der Waals surface area contributed by atoms with E-state index < -0.39 is 0 Å². The van der Waals surface area contributed by atoms with Crippen LogP contribution in [0.5, 0.6) is 0 Å². The molecule has 0 amide bonds. The van der Waals surface area contributed by atoms with Crippen LogP contribution in [-0.2, 0) is 5.75 Å². The molecule has 0 heterocycles. The highest BCUT2D eigenvalue weighted by molar-refractivity contribution is 7.99. The summed E-state index contributed by atoms with van der Waals surface area (Å²) in [4.78, 5) is 11.9. The molecular weight excluding hydrogens is 273 g/mol. The number of carbonyl (C=O) groups excluding carboxylic acids is 1. The summed E-state index contributed by atoms with van der Waals surface area (Å²) < 4.78 is 12.8. The fourth-order valence-corrected chi connectivity index (χ4v) is 2.65. The van der Waals surface area contributed by atoms with Gasteiger partial charge in [-0.1, -0.05) is 18.2 Å². The van der Waals surface area contributed by atoms with Crippen molar-refractivity contribution in [2.75, 3.05) is 5.75 Å². The summed E-state index contributed by atoms with van der Waals surface area (Å²) in [6.45, 7) is 0. The molecule has 0 aliphatic heterocycles. The summed E-state index contributed by atoms with van der Waals surface area (Å²) >= 11 is 1.45. The Hall–Kier alpha value is -2.12. The third kappa shape index (κ3) is 3.69. The van der Waals surface area contributed by atoms with Crippen LogP contribution in [0.1, 0.15) is 21.5 Å². The Balaban J connectivity index is 1.91. The van der Waals surface area contributed by atoms with E-state index in [4.69, 9.17) is 5.26 Å². The molecule has 0 unspecified atom stereocenters. The number of carbonyl (C=O) groups is 1. The zero-order valence-electron chi connectivity index (χ0n) is 10.7. The average molecular weight is 285 g/mol. The van der Waals surface area contributed by atoms with Crippen molar-refractivity contribution in [2.24, 2.45) is 0 Å². The van der Waals surface area contributed by atoms with E-state index >= 15 is 0 Å². The Morgan fingerprint density at radius 3 is 2.55 bits per heavy atom. The second kappa shape index (κ2) is 6.88. The van der Waals surface area contributed by atoms with E-state index in [1.165, 1.54) is 36.0 Å². The zero-order valence-corrected chi connectivity index (χ0v) is 11.5. The van der Waals surface area contributed by atoms with Gasteiger partial charge in [-0.2, -0.15) is 5.26 Å². The van der Waals surface area contributed by atoms with E-state index in [-0.39, 0.29) is 11.6 Å². The third-order valence-corrected chi connectivity index (χ3v) is 3.78. The van der Waals surface area contributed by atoms with Gasteiger partial charge in [-0.3, -0.25) is 4.79 Å². The Bertz CT molecular complexity index is 646. The number of hydrogen-bond acceptors (Lipinski definition) is 3. The number of halogens is 1. The van der Waals surface area contributed by atoms with Gasteiger partial charge >= 0.3 is 0 Å². The van der Waals surface area contributed by atoms with Crippen LogP contribution < -0.4 is 0 Å². The predicted molar refractivity (Wildman–Crippen MR) is 78.0 cm³/mol. The lowest BCUT2D eigenvalue weighted by Crippen LogP contribution is -2.02. The number of thioether (sulfide) groups is 1. The van der Waals surface area contributed by atoms with Crippen molar-refractivity contribution in [1.82, 2.24) is 0 Å². The maximum atomic E-state index is 12.8. The van der Waals surface area contributed by atoms with Crippen molar-refractivity contribution in [3.63, 3.8) is 0 Å². The van der Waals surface area contributed by atoms with Crippen LogP contribution in [0.2, 0.25) is 0 Å². The largest absolute Gasteiger partial charge is 0.293 e. The first-order chi connectivity index (χ1) is 9.70. The van der Waals surface area contributed by atoms with Crippen LogP contribution in [0.4, 0.5) is 4.39 Å². The molecule has 0 aromatic heterocycles. The molecule has 2 nitrogen and oxygen atoms in total. The number of hydrogen-bond donors (Lipinski definition) is 0. The van der Waals surface area contributed by atoms with Crippen LogP contribution in [0.25, 0.3) is 0 Å². The van der Waals surface area contributed by atoms with Crippen LogP contribution in [0.15, 0.2) is 48.5 Å². The minimum atomic E-state index is -0.350. The maximum Gasteiger partial charge on any atom is 0.172 e. The molecule has 100 valence electrons. The van der Waals surface area contributed by atoms with E-state index in [9.17, 15) is 9.18 Å². The molecule has 4 heteroatoms. The molecule has 0 saturated carbocycles. The SMILES string of the molecule is N#Cc1ccccc1CSCC(=O)c1ccc(F)cc1. The van der Waals surface area contributed by atoms with Gasteiger partial charge in [-0.25, -0.2) is 4.39 Å². The van der Waals surface area contributed by atoms with Crippen LogP contribution in [-0.4, -0.2) is 11.5 Å². The molecule has 0 fully saturated rings. The number of Topliss-reactive ketones (excluding diaryl/α,β-unsaturated/α-hetero) is 1. The molecule has 0 spiro atoms. The van der Waals surface area contributed by atoms with E-state index in [1.807, 2.05) is 18.2 Å². The second-order valence-corrected chi connectivity index (χ2v) is 5.18. The lowest BCUT2D eigenvalue weighted by atomic mass is 10.1. The number of benzene rings is 2. The lowest BCUT2D eigenvalue weighted by molar-refractivity contribution is 0.102. The van der Waals surface area contributed by atoms with E-state index in [1.54, 1.807) is 6.07 Å². The molecule has 2 aromatic rings. The van der Waals surface area contributed by atoms with Gasteiger partial charge in [-0.15, -0.1) is 11.8 Å². The topological polar surface area (TPSA) is 40.9 Å². The van der Waals surface area contributed by atoms with E-state index in [0.717, 1.165) is 5.56 Å². The highest BCUT2D eigenvalue weighted by Gasteiger charge is 2.07. The molecule has 0 aliphatic rings. The number of nitrogens with zero attached hydrogens (tertiary/aromatic N) is 1. The van der Waals surface area contributed by atoms with Crippen molar-refractivity contribution >= 4 is 17.5 Å². The Kier molecular flexibility index (Phi) is 4.91. The lowest BCUT2D eigenvalue weighted by Gasteiger charge is -2.04. The molecule has 0 saturated heterocycles. The molecular formula is C16H12FNOS. The van der Waals surface area contributed by atoms with E-state index in [2.05, 4.69) is 6.07 Å². The minimum Gasteiger partial charge on any atom is -0.293 e. The highest BCUT2D eigenvalue weighted by Crippen LogP contribution is 2.17. The van der Waals surface area contributed by atoms with Gasteiger partial charge in [-0.05, 0) is 35.9 Å². The first-order valence-corrected chi connectivity index (χ1v) is 7.20. The molecule has 0 bridgehead atoms. The highest BCUT2D eigenvalue weighted by atomic mass is 32.2. The molecule has 2 aromatic carbocycles. The average Bonchev–Trinajstić information content (AvgIpc) is 2.48. The zero-order chi connectivity index (χ0) is 14.4. The smallest absolute Gasteiger partial charge is 0.172 e. The summed E-state index contributed by atoms with van der Waals surface area (Å²) in [6.07, 6.45) is 0. The molecule has 2 rings (SSSR count). The first kappa shape index (κ1) is 14.3. The molecule has 0 aliphatic carbocycles. The van der Waals surface area contributed by atoms with Gasteiger partial charge < -0.3 is 0 Å². The molecule has 0 radical (unpaired) electrons. The number of ketones is 1. The summed E-state index contributed by atoms with van der Waals surface area (Å²) in [5.41, 5.74) is 2.06. The minimum absolute atomic E-state index is 0.0376. The fraction of sp³-hybridized carbons (Fsp3) is 0.125. The number of rotatable bonds is 5. The van der Waals surface area contributed by atoms with Gasteiger partial charge in [0.1, 0.15) is 5.82 Å². The van der Waals surface area contributed by atoms with Gasteiger partial charge in [0.25, 0.3) is 0 Å². The van der Waals surface area contributed by atoms with Gasteiger partial charge in [0, 0.05) is 11.3 Å².